The van der Waals surface area contributed by atoms with Crippen LogP contribution in [-0.4, -0.2) is 23.2 Å². The van der Waals surface area contributed by atoms with Crippen LogP contribution in [-0.2, 0) is 10.2 Å². The monoisotopic (exact) mass is 221 g/mol. The van der Waals surface area contributed by atoms with E-state index in [1.165, 1.54) is 0 Å². The second-order valence-corrected chi connectivity index (χ2v) is 4.29. The standard InChI is InChI=1S/C12H15NO3/c1-16-9-3-4-10(13-8-9)12(5-2-6-12)7-11(14)15/h3-4,8H,2,5-7H2,1H3,(H,14,15). The Balaban J connectivity index is 2.22. The van der Waals surface area contributed by atoms with Crippen LogP contribution in [0.25, 0.3) is 0 Å². The van der Waals surface area contributed by atoms with E-state index in [9.17, 15) is 4.79 Å². The first-order valence-corrected chi connectivity index (χ1v) is 5.39. The summed E-state index contributed by atoms with van der Waals surface area (Å²) in [6, 6.07) is 3.71. The van der Waals surface area contributed by atoms with Gasteiger partial charge in [0.05, 0.1) is 19.7 Å². The Morgan fingerprint density at radius 3 is 2.69 bits per heavy atom. The number of ether oxygens (including phenoxy) is 1. The summed E-state index contributed by atoms with van der Waals surface area (Å²) in [5.41, 5.74) is 0.639. The Hall–Kier alpha value is -1.58. The summed E-state index contributed by atoms with van der Waals surface area (Å²) >= 11 is 0. The molecule has 1 heterocycles. The normalized spacial score (nSPS) is 17.6. The van der Waals surface area contributed by atoms with Gasteiger partial charge in [-0.05, 0) is 25.0 Å². The summed E-state index contributed by atoms with van der Waals surface area (Å²) < 4.78 is 5.04. The fourth-order valence-corrected chi connectivity index (χ4v) is 2.23. The van der Waals surface area contributed by atoms with Crippen LogP contribution in [0.4, 0.5) is 0 Å². The Bertz CT molecular complexity index is 382. The van der Waals surface area contributed by atoms with Gasteiger partial charge in [-0.1, -0.05) is 6.42 Å². The lowest BCUT2D eigenvalue weighted by Gasteiger charge is -2.40. The number of hydrogen-bond acceptors (Lipinski definition) is 3. The molecule has 1 fully saturated rings. The van der Waals surface area contributed by atoms with E-state index in [2.05, 4.69) is 4.98 Å². The predicted octanol–water partition coefficient (Wildman–Crippen LogP) is 1.99. The largest absolute Gasteiger partial charge is 0.495 e. The molecule has 1 aromatic heterocycles. The first kappa shape index (κ1) is 10.9. The highest BCUT2D eigenvalue weighted by atomic mass is 16.5. The van der Waals surface area contributed by atoms with Crippen LogP contribution in [0.1, 0.15) is 31.4 Å². The van der Waals surface area contributed by atoms with Crippen molar-refractivity contribution in [3.05, 3.63) is 24.0 Å². The van der Waals surface area contributed by atoms with Crippen LogP contribution in [0.15, 0.2) is 18.3 Å². The van der Waals surface area contributed by atoms with Crippen molar-refractivity contribution in [3.8, 4) is 5.75 Å². The molecule has 1 aromatic rings. The molecule has 0 aromatic carbocycles. The van der Waals surface area contributed by atoms with Gasteiger partial charge < -0.3 is 9.84 Å². The summed E-state index contributed by atoms with van der Waals surface area (Å²) in [7, 11) is 1.59. The maximum absolute atomic E-state index is 10.9. The van der Waals surface area contributed by atoms with Crippen molar-refractivity contribution >= 4 is 5.97 Å². The molecule has 0 saturated heterocycles. The maximum Gasteiger partial charge on any atom is 0.304 e. The van der Waals surface area contributed by atoms with Gasteiger partial charge >= 0.3 is 5.97 Å². The summed E-state index contributed by atoms with van der Waals surface area (Å²) in [6.45, 7) is 0. The number of pyridine rings is 1. The average Bonchev–Trinajstić information content (AvgIpc) is 2.23. The second kappa shape index (κ2) is 4.12. The molecule has 86 valence electrons. The summed E-state index contributed by atoms with van der Waals surface area (Å²) in [5.74, 6) is -0.0501. The van der Waals surface area contributed by atoms with Crippen molar-refractivity contribution in [2.75, 3.05) is 7.11 Å². The van der Waals surface area contributed by atoms with Crippen LogP contribution in [0.2, 0.25) is 0 Å². The number of carboxylic acid groups (broad SMARTS) is 1. The van der Waals surface area contributed by atoms with Gasteiger partial charge in [-0.25, -0.2) is 0 Å². The predicted molar refractivity (Wildman–Crippen MR) is 58.6 cm³/mol. The van der Waals surface area contributed by atoms with Gasteiger partial charge in [0.2, 0.25) is 0 Å². The van der Waals surface area contributed by atoms with Crippen molar-refractivity contribution < 1.29 is 14.6 Å². The van der Waals surface area contributed by atoms with Gasteiger partial charge in [0.15, 0.2) is 0 Å². The van der Waals surface area contributed by atoms with Gasteiger partial charge in [-0.3, -0.25) is 9.78 Å². The van der Waals surface area contributed by atoms with Crippen molar-refractivity contribution in [1.29, 1.82) is 0 Å². The molecule has 1 N–H and O–H groups in total. The van der Waals surface area contributed by atoms with Crippen molar-refractivity contribution in [2.45, 2.75) is 31.1 Å². The lowest BCUT2D eigenvalue weighted by Crippen LogP contribution is -2.37. The topological polar surface area (TPSA) is 59.4 Å². The molecule has 0 atom stereocenters. The van der Waals surface area contributed by atoms with E-state index in [-0.39, 0.29) is 11.8 Å². The lowest BCUT2D eigenvalue weighted by atomic mass is 9.64. The number of methoxy groups -OCH3 is 1. The Labute approximate surface area is 94.3 Å². The number of rotatable bonds is 4. The molecule has 0 aliphatic heterocycles. The first-order valence-electron chi connectivity index (χ1n) is 5.39. The molecule has 2 rings (SSSR count). The van der Waals surface area contributed by atoms with Crippen LogP contribution < -0.4 is 4.74 Å². The Morgan fingerprint density at radius 2 is 2.31 bits per heavy atom. The van der Waals surface area contributed by atoms with E-state index in [0.717, 1.165) is 25.0 Å². The smallest absolute Gasteiger partial charge is 0.304 e. The summed E-state index contributed by atoms with van der Waals surface area (Å²) in [5, 5.41) is 8.92. The number of carboxylic acids is 1. The zero-order valence-corrected chi connectivity index (χ0v) is 9.27. The van der Waals surface area contributed by atoms with Crippen LogP contribution in [0.5, 0.6) is 5.75 Å². The second-order valence-electron chi connectivity index (χ2n) is 4.29. The quantitative estimate of drug-likeness (QED) is 0.844. The number of aliphatic carboxylic acids is 1. The van der Waals surface area contributed by atoms with Gasteiger partial charge in [-0.15, -0.1) is 0 Å². The van der Waals surface area contributed by atoms with Gasteiger partial charge in [0.1, 0.15) is 5.75 Å². The average molecular weight is 221 g/mol. The zero-order chi connectivity index (χ0) is 11.6. The molecule has 1 aliphatic carbocycles. The summed E-state index contributed by atoms with van der Waals surface area (Å²) in [4.78, 5) is 15.2. The number of hydrogen-bond donors (Lipinski definition) is 1. The van der Waals surface area contributed by atoms with Crippen molar-refractivity contribution in [3.63, 3.8) is 0 Å². The molecule has 0 unspecified atom stereocenters. The molecule has 1 aliphatic rings. The van der Waals surface area contributed by atoms with E-state index < -0.39 is 5.97 Å². The number of aromatic nitrogens is 1. The van der Waals surface area contributed by atoms with Gasteiger partial charge in [0.25, 0.3) is 0 Å². The fraction of sp³-hybridized carbons (Fsp3) is 0.500. The SMILES string of the molecule is COc1ccc(C2(CC(=O)O)CCC2)nc1. The molecule has 16 heavy (non-hydrogen) atoms. The molecule has 1 saturated carbocycles. The highest BCUT2D eigenvalue weighted by Crippen LogP contribution is 2.45. The van der Waals surface area contributed by atoms with Crippen LogP contribution in [0, 0.1) is 0 Å². The fourth-order valence-electron chi connectivity index (χ4n) is 2.23. The zero-order valence-electron chi connectivity index (χ0n) is 9.27. The van der Waals surface area contributed by atoms with Crippen molar-refractivity contribution in [2.24, 2.45) is 0 Å². The van der Waals surface area contributed by atoms with Crippen LogP contribution in [0.3, 0.4) is 0 Å². The van der Waals surface area contributed by atoms with E-state index in [1.807, 2.05) is 12.1 Å². The molecule has 4 nitrogen and oxygen atoms in total. The van der Waals surface area contributed by atoms with E-state index >= 15 is 0 Å². The minimum Gasteiger partial charge on any atom is -0.495 e. The first-order chi connectivity index (χ1) is 7.66. The third kappa shape index (κ3) is 1.87. The molecule has 4 heteroatoms. The maximum atomic E-state index is 10.9. The van der Waals surface area contributed by atoms with E-state index in [0.29, 0.717) is 5.75 Å². The molecule has 0 radical (unpaired) electrons. The number of carbonyl (C=O) groups is 1. The minimum atomic E-state index is -0.752. The highest BCUT2D eigenvalue weighted by molar-refractivity contribution is 5.69. The van der Waals surface area contributed by atoms with Gasteiger partial charge in [0, 0.05) is 11.1 Å². The Morgan fingerprint density at radius 1 is 1.56 bits per heavy atom. The molecule has 0 amide bonds. The third-order valence-electron chi connectivity index (χ3n) is 3.32. The van der Waals surface area contributed by atoms with Crippen LogP contribution >= 0.6 is 0 Å². The van der Waals surface area contributed by atoms with Crippen molar-refractivity contribution in [1.82, 2.24) is 4.98 Å². The molecular weight excluding hydrogens is 206 g/mol. The number of nitrogens with zero attached hydrogens (tertiary/aromatic N) is 1. The Kier molecular flexibility index (Phi) is 2.81. The lowest BCUT2D eigenvalue weighted by molar-refractivity contribution is -0.139. The molecular formula is C12H15NO3. The van der Waals surface area contributed by atoms with E-state index in [4.69, 9.17) is 9.84 Å². The van der Waals surface area contributed by atoms with Gasteiger partial charge in [-0.2, -0.15) is 0 Å². The molecule has 0 bridgehead atoms. The third-order valence-corrected chi connectivity index (χ3v) is 3.32. The molecule has 0 spiro atoms. The summed E-state index contributed by atoms with van der Waals surface area (Å²) in [6.07, 6.45) is 4.74. The minimum absolute atomic E-state index is 0.173. The van der Waals surface area contributed by atoms with E-state index in [1.54, 1.807) is 13.3 Å². The highest BCUT2D eigenvalue weighted by Gasteiger charge is 2.41.